The fourth-order valence-electron chi connectivity index (χ4n) is 3.83. The summed E-state index contributed by atoms with van der Waals surface area (Å²) in [5, 5.41) is 3.46. The molecule has 4 amide bonds. The number of carbonyl (C=O) groups is 3. The van der Waals surface area contributed by atoms with Crippen LogP contribution in [-0.2, 0) is 16.0 Å². The molecular weight excluding hydrogens is 410 g/mol. The molecule has 2 N–H and O–H groups in total. The molecule has 8 heteroatoms. The number of nitrogens with one attached hydrogen (secondary N) is 2. The molecule has 4 rings (SSSR count). The second-order valence-electron chi connectivity index (χ2n) is 8.30. The Morgan fingerprint density at radius 2 is 1.94 bits per heavy atom. The van der Waals surface area contributed by atoms with Gasteiger partial charge in [0.25, 0.3) is 11.8 Å². The van der Waals surface area contributed by atoms with E-state index < -0.39 is 23.4 Å². The van der Waals surface area contributed by atoms with Gasteiger partial charge in [0.15, 0.2) is 0 Å². The second kappa shape index (κ2) is 9.40. The molecule has 0 radical (unpaired) electrons. The summed E-state index contributed by atoms with van der Waals surface area (Å²) in [6.07, 6.45) is 3.18. The summed E-state index contributed by atoms with van der Waals surface area (Å²) in [7, 11) is 0. The van der Waals surface area contributed by atoms with Crippen LogP contribution in [0.4, 0.5) is 4.79 Å². The van der Waals surface area contributed by atoms with Crippen molar-refractivity contribution in [2.45, 2.75) is 44.2 Å². The number of amides is 4. The Morgan fingerprint density at radius 1 is 1.19 bits per heavy atom. The maximum atomic E-state index is 12.9. The van der Waals surface area contributed by atoms with Crippen LogP contribution in [0.25, 0.3) is 0 Å². The molecule has 2 aliphatic heterocycles. The fourth-order valence-corrected chi connectivity index (χ4v) is 3.83. The molecule has 2 aromatic carbocycles. The van der Waals surface area contributed by atoms with Crippen LogP contribution < -0.4 is 15.5 Å². The molecule has 0 unspecified atom stereocenters. The summed E-state index contributed by atoms with van der Waals surface area (Å²) in [4.78, 5) is 37.9. The zero-order chi connectivity index (χ0) is 22.6. The minimum Gasteiger partial charge on any atom is -0.491 e. The molecule has 2 heterocycles. The number of nitrogens with zero attached hydrogens (tertiary/aromatic N) is 1. The van der Waals surface area contributed by atoms with Gasteiger partial charge in [0.1, 0.15) is 17.9 Å². The molecule has 2 fully saturated rings. The maximum Gasteiger partial charge on any atom is 0.344 e. The van der Waals surface area contributed by atoms with Gasteiger partial charge in [-0.05, 0) is 62.4 Å². The van der Waals surface area contributed by atoms with E-state index in [1.54, 1.807) is 31.2 Å². The Hall–Kier alpha value is -3.39. The highest BCUT2D eigenvalue weighted by molar-refractivity contribution is 6.09. The van der Waals surface area contributed by atoms with Crippen molar-refractivity contribution in [1.29, 1.82) is 0 Å². The maximum absolute atomic E-state index is 12.9. The number of imide groups is 1. The van der Waals surface area contributed by atoms with Crippen molar-refractivity contribution < 1.29 is 23.9 Å². The van der Waals surface area contributed by atoms with Crippen LogP contribution in [-0.4, -0.2) is 47.7 Å². The largest absolute Gasteiger partial charge is 0.491 e. The zero-order valence-electron chi connectivity index (χ0n) is 18.0. The predicted octanol–water partition coefficient (Wildman–Crippen LogP) is 2.83. The number of carbonyl (C=O) groups excluding carboxylic acids is 3. The van der Waals surface area contributed by atoms with Crippen LogP contribution in [0, 0.1) is 0 Å². The van der Waals surface area contributed by atoms with E-state index in [4.69, 9.17) is 9.47 Å². The lowest BCUT2D eigenvalue weighted by molar-refractivity contribution is -0.132. The summed E-state index contributed by atoms with van der Waals surface area (Å²) in [6.45, 7) is 2.90. The Bertz CT molecular complexity index is 973. The number of urea groups is 1. The molecule has 168 valence electrons. The summed E-state index contributed by atoms with van der Waals surface area (Å²) in [5.74, 6) is -0.407. The molecule has 32 heavy (non-hydrogen) atoms. The van der Waals surface area contributed by atoms with E-state index in [2.05, 4.69) is 10.7 Å². The zero-order valence-corrected chi connectivity index (χ0v) is 18.0. The highest BCUT2D eigenvalue weighted by atomic mass is 16.5. The van der Waals surface area contributed by atoms with Gasteiger partial charge < -0.3 is 14.8 Å². The Balaban J connectivity index is 1.33. The number of rotatable bonds is 8. The highest BCUT2D eigenvalue weighted by Gasteiger charge is 2.48. The molecule has 0 spiro atoms. The topological polar surface area (TPSA) is 97.0 Å². The molecule has 2 saturated heterocycles. The fraction of sp³-hybridized carbons (Fsp3) is 0.375. The SMILES string of the molecule is C[C@@]1(CCc2ccccc2)NC(=O)N(NC(=O)c2ccc(OC[C@@H]3CCCO3)cc2)C1=O. The number of ether oxygens (including phenoxy) is 2. The first kappa shape index (κ1) is 21.8. The predicted molar refractivity (Wildman–Crippen MR) is 117 cm³/mol. The molecule has 2 aromatic rings. The van der Waals surface area contributed by atoms with E-state index in [0.717, 1.165) is 30.0 Å². The van der Waals surface area contributed by atoms with E-state index >= 15 is 0 Å². The van der Waals surface area contributed by atoms with Crippen LogP contribution in [0.5, 0.6) is 5.75 Å². The lowest BCUT2D eigenvalue weighted by Crippen LogP contribution is -2.48. The van der Waals surface area contributed by atoms with Gasteiger partial charge in [-0.15, -0.1) is 0 Å². The molecule has 0 saturated carbocycles. The Kier molecular flexibility index (Phi) is 6.41. The van der Waals surface area contributed by atoms with E-state index in [1.165, 1.54) is 0 Å². The van der Waals surface area contributed by atoms with Crippen molar-refractivity contribution in [1.82, 2.24) is 15.8 Å². The number of hydrazine groups is 1. The number of benzene rings is 2. The minimum absolute atomic E-state index is 0.105. The first-order valence-corrected chi connectivity index (χ1v) is 10.8. The van der Waals surface area contributed by atoms with Crippen molar-refractivity contribution in [3.8, 4) is 5.75 Å². The molecular formula is C24H27N3O5. The molecule has 0 aromatic heterocycles. The standard InChI is InChI=1S/C24H27N3O5/c1-24(14-13-17-6-3-2-4-7-17)22(29)27(23(30)25-24)26-21(28)18-9-11-19(12-10-18)32-16-20-8-5-15-31-20/h2-4,6-7,9-12,20H,5,8,13-16H2,1H3,(H,25,30)(H,26,28)/t20-,24-/m0/s1. The van der Waals surface area contributed by atoms with Crippen LogP contribution in [0.2, 0.25) is 0 Å². The smallest absolute Gasteiger partial charge is 0.344 e. The van der Waals surface area contributed by atoms with E-state index in [-0.39, 0.29) is 6.10 Å². The third-order valence-corrected chi connectivity index (χ3v) is 5.81. The van der Waals surface area contributed by atoms with Gasteiger partial charge >= 0.3 is 6.03 Å². The van der Waals surface area contributed by atoms with E-state index in [1.807, 2.05) is 30.3 Å². The molecule has 2 atom stereocenters. The van der Waals surface area contributed by atoms with Crippen LogP contribution >= 0.6 is 0 Å². The average Bonchev–Trinajstić information content (AvgIpc) is 3.40. The summed E-state index contributed by atoms with van der Waals surface area (Å²) >= 11 is 0. The third-order valence-electron chi connectivity index (χ3n) is 5.81. The Morgan fingerprint density at radius 3 is 2.62 bits per heavy atom. The van der Waals surface area contributed by atoms with Gasteiger partial charge in [0, 0.05) is 12.2 Å². The van der Waals surface area contributed by atoms with Crippen molar-refractivity contribution in [3.63, 3.8) is 0 Å². The van der Waals surface area contributed by atoms with Gasteiger partial charge in [-0.25, -0.2) is 4.79 Å². The van der Waals surface area contributed by atoms with Crippen molar-refractivity contribution in [3.05, 3.63) is 65.7 Å². The van der Waals surface area contributed by atoms with Crippen LogP contribution in [0.15, 0.2) is 54.6 Å². The van der Waals surface area contributed by atoms with Gasteiger partial charge in [-0.3, -0.25) is 15.0 Å². The Labute approximate surface area is 186 Å². The lowest BCUT2D eigenvalue weighted by atomic mass is 9.93. The second-order valence-corrected chi connectivity index (χ2v) is 8.30. The lowest BCUT2D eigenvalue weighted by Gasteiger charge is -2.21. The summed E-state index contributed by atoms with van der Waals surface area (Å²) in [5.41, 5.74) is 2.72. The van der Waals surface area contributed by atoms with Gasteiger partial charge in [0.05, 0.1) is 6.10 Å². The monoisotopic (exact) mass is 437 g/mol. The minimum atomic E-state index is -1.08. The highest BCUT2D eigenvalue weighted by Crippen LogP contribution is 2.23. The van der Waals surface area contributed by atoms with Crippen LogP contribution in [0.3, 0.4) is 0 Å². The van der Waals surface area contributed by atoms with Crippen molar-refractivity contribution in [2.75, 3.05) is 13.2 Å². The van der Waals surface area contributed by atoms with E-state index in [9.17, 15) is 14.4 Å². The molecule has 2 aliphatic rings. The number of hydrogen-bond donors (Lipinski definition) is 2. The van der Waals surface area contributed by atoms with Crippen molar-refractivity contribution >= 4 is 17.8 Å². The van der Waals surface area contributed by atoms with E-state index in [0.29, 0.717) is 30.8 Å². The van der Waals surface area contributed by atoms with Crippen LogP contribution in [0.1, 0.15) is 42.1 Å². The number of hydrogen-bond acceptors (Lipinski definition) is 5. The summed E-state index contributed by atoms with van der Waals surface area (Å²) in [6, 6.07) is 15.6. The average molecular weight is 437 g/mol. The molecule has 0 bridgehead atoms. The van der Waals surface area contributed by atoms with Gasteiger partial charge in [0.2, 0.25) is 0 Å². The molecule has 0 aliphatic carbocycles. The number of aryl methyl sites for hydroxylation is 1. The van der Waals surface area contributed by atoms with Gasteiger partial charge in [-0.2, -0.15) is 5.01 Å². The normalized spacial score (nSPS) is 22.7. The third kappa shape index (κ3) is 4.91. The molecule has 8 nitrogen and oxygen atoms in total. The first-order chi connectivity index (χ1) is 15.4. The first-order valence-electron chi connectivity index (χ1n) is 10.8. The summed E-state index contributed by atoms with van der Waals surface area (Å²) < 4.78 is 11.2. The van der Waals surface area contributed by atoms with Gasteiger partial charge in [-0.1, -0.05) is 30.3 Å². The van der Waals surface area contributed by atoms with Crippen molar-refractivity contribution in [2.24, 2.45) is 0 Å². The quantitative estimate of drug-likeness (QED) is 0.619.